The first-order valence-electron chi connectivity index (χ1n) is 9.31. The van der Waals surface area contributed by atoms with E-state index in [0.29, 0.717) is 59.8 Å². The molecule has 2 aromatic rings. The lowest BCUT2D eigenvalue weighted by atomic mass is 10.2. The Hall–Kier alpha value is -3.13. The number of hydrazone groups is 1. The number of rotatable bonds is 11. The molecule has 2 aromatic carbocycles. The van der Waals surface area contributed by atoms with Crippen LogP contribution in [0.25, 0.3) is 0 Å². The van der Waals surface area contributed by atoms with E-state index in [1.807, 2.05) is 31.2 Å². The van der Waals surface area contributed by atoms with Crippen LogP contribution in [-0.4, -0.2) is 46.3 Å². The number of nitrogens with one attached hydrogen (secondary N) is 1. The molecule has 0 heterocycles. The maximum Gasteiger partial charge on any atom is 0.427 e. The molecule has 9 heteroatoms. The van der Waals surface area contributed by atoms with Gasteiger partial charge in [-0.1, -0.05) is 23.7 Å². The third kappa shape index (κ3) is 7.04. The lowest BCUT2D eigenvalue weighted by Crippen LogP contribution is -2.16. The Balaban J connectivity index is 1.94. The van der Waals surface area contributed by atoms with Crippen molar-refractivity contribution in [1.82, 2.24) is 5.43 Å². The molecule has 0 aliphatic rings. The molecule has 0 saturated carbocycles. The predicted molar refractivity (Wildman–Crippen MR) is 114 cm³/mol. The Morgan fingerprint density at radius 2 is 1.80 bits per heavy atom. The average Bonchev–Trinajstić information content (AvgIpc) is 2.75. The first-order chi connectivity index (χ1) is 14.6. The number of carbonyl (C=O) groups excluding carboxylic acids is 1. The van der Waals surface area contributed by atoms with Gasteiger partial charge in [-0.25, -0.2) is 10.2 Å². The van der Waals surface area contributed by atoms with Crippen LogP contribution in [0.4, 0.5) is 4.79 Å². The van der Waals surface area contributed by atoms with Crippen molar-refractivity contribution in [2.24, 2.45) is 5.10 Å². The summed E-state index contributed by atoms with van der Waals surface area (Å²) in [6.07, 6.45) is 1.39. The number of methoxy groups -OCH3 is 2. The van der Waals surface area contributed by atoms with Gasteiger partial charge in [-0.2, -0.15) is 5.10 Å². The molecule has 0 aliphatic heterocycles. The topological polar surface area (TPSA) is 87.6 Å². The average molecular weight is 437 g/mol. The number of halogens is 1. The highest BCUT2D eigenvalue weighted by Gasteiger charge is 2.12. The monoisotopic (exact) mass is 436 g/mol. The molecule has 0 aromatic heterocycles. The van der Waals surface area contributed by atoms with Crippen LogP contribution in [0.2, 0.25) is 5.02 Å². The number of para-hydroxylation sites is 2. The van der Waals surface area contributed by atoms with Crippen LogP contribution in [0, 0.1) is 0 Å². The quantitative estimate of drug-likeness (QED) is 0.321. The number of ether oxygens (including phenoxy) is 5. The minimum Gasteiger partial charge on any atom is -0.493 e. The molecule has 0 fully saturated rings. The number of carbonyl (C=O) groups is 1. The zero-order valence-electron chi connectivity index (χ0n) is 17.1. The van der Waals surface area contributed by atoms with Gasteiger partial charge in [-0.05, 0) is 36.8 Å². The van der Waals surface area contributed by atoms with E-state index in [0.717, 1.165) is 0 Å². The smallest absolute Gasteiger partial charge is 0.427 e. The summed E-state index contributed by atoms with van der Waals surface area (Å²) in [5.41, 5.74) is 2.84. The highest BCUT2D eigenvalue weighted by atomic mass is 35.5. The number of nitrogens with zero attached hydrogens (tertiary/aromatic N) is 1. The Kier molecular flexibility index (Phi) is 9.60. The predicted octanol–water partition coefficient (Wildman–Crippen LogP) is 4.29. The minimum atomic E-state index is -0.669. The fourth-order valence-corrected chi connectivity index (χ4v) is 2.70. The SMILES string of the molecule is CCOc1cc(/C=N/NC(=O)OC)cc(Cl)c1OCCCOc1ccccc1OC. The van der Waals surface area contributed by atoms with Crippen molar-refractivity contribution in [1.29, 1.82) is 0 Å². The van der Waals surface area contributed by atoms with E-state index >= 15 is 0 Å². The van der Waals surface area contributed by atoms with Crippen LogP contribution >= 0.6 is 11.6 Å². The van der Waals surface area contributed by atoms with E-state index in [-0.39, 0.29) is 0 Å². The summed E-state index contributed by atoms with van der Waals surface area (Å²) in [5.74, 6) is 2.28. The number of hydrogen-bond acceptors (Lipinski definition) is 7. The van der Waals surface area contributed by atoms with E-state index in [1.165, 1.54) is 13.3 Å². The van der Waals surface area contributed by atoms with Crippen molar-refractivity contribution in [3.63, 3.8) is 0 Å². The summed E-state index contributed by atoms with van der Waals surface area (Å²) in [7, 11) is 2.85. The van der Waals surface area contributed by atoms with Crippen molar-refractivity contribution >= 4 is 23.9 Å². The second-order valence-electron chi connectivity index (χ2n) is 5.83. The van der Waals surface area contributed by atoms with Crippen molar-refractivity contribution in [2.75, 3.05) is 34.0 Å². The summed E-state index contributed by atoms with van der Waals surface area (Å²) in [6.45, 7) is 3.13. The first-order valence-corrected chi connectivity index (χ1v) is 9.68. The van der Waals surface area contributed by atoms with E-state index in [4.69, 9.17) is 30.5 Å². The molecule has 0 aliphatic carbocycles. The van der Waals surface area contributed by atoms with Gasteiger partial charge in [0.05, 0.1) is 45.3 Å². The molecule has 162 valence electrons. The van der Waals surface area contributed by atoms with Crippen LogP contribution in [0.5, 0.6) is 23.0 Å². The molecule has 30 heavy (non-hydrogen) atoms. The molecular formula is C21H25ClN2O6. The molecule has 0 radical (unpaired) electrons. The van der Waals surface area contributed by atoms with Gasteiger partial charge in [0.15, 0.2) is 23.0 Å². The number of amides is 1. The Morgan fingerprint density at radius 3 is 2.50 bits per heavy atom. The standard InChI is InChI=1S/C21H25ClN2O6/c1-4-28-19-13-15(14-23-24-21(25)27-3)12-16(22)20(19)30-11-7-10-29-18-9-6-5-8-17(18)26-2/h5-6,8-9,12-14H,4,7,10-11H2,1-3H3,(H,24,25)/b23-14+. The molecule has 0 bridgehead atoms. The van der Waals surface area contributed by atoms with Gasteiger partial charge in [0, 0.05) is 6.42 Å². The van der Waals surface area contributed by atoms with Crippen molar-refractivity contribution in [2.45, 2.75) is 13.3 Å². The van der Waals surface area contributed by atoms with Crippen LogP contribution in [-0.2, 0) is 4.74 Å². The first kappa shape index (κ1) is 23.2. The lowest BCUT2D eigenvalue weighted by Gasteiger charge is -2.15. The van der Waals surface area contributed by atoms with Gasteiger partial charge < -0.3 is 23.7 Å². The van der Waals surface area contributed by atoms with Crippen LogP contribution in [0.3, 0.4) is 0 Å². The fraction of sp³-hybridized carbons (Fsp3) is 0.333. The van der Waals surface area contributed by atoms with Gasteiger partial charge in [0.2, 0.25) is 0 Å². The van der Waals surface area contributed by atoms with E-state index < -0.39 is 6.09 Å². The molecule has 1 amide bonds. The Bertz CT molecular complexity index is 859. The van der Waals surface area contributed by atoms with Gasteiger partial charge in [-0.15, -0.1) is 0 Å². The number of hydrogen-bond donors (Lipinski definition) is 1. The summed E-state index contributed by atoms with van der Waals surface area (Å²) in [5, 5.41) is 4.15. The van der Waals surface area contributed by atoms with E-state index in [9.17, 15) is 4.79 Å². The van der Waals surface area contributed by atoms with Crippen LogP contribution in [0.15, 0.2) is 41.5 Å². The molecule has 0 atom stereocenters. The largest absolute Gasteiger partial charge is 0.493 e. The van der Waals surface area contributed by atoms with Gasteiger partial charge >= 0.3 is 6.09 Å². The maximum absolute atomic E-state index is 11.1. The summed E-state index contributed by atoms with van der Waals surface area (Å²) < 4.78 is 26.9. The third-order valence-electron chi connectivity index (χ3n) is 3.75. The molecular weight excluding hydrogens is 412 g/mol. The zero-order valence-corrected chi connectivity index (χ0v) is 17.9. The van der Waals surface area contributed by atoms with E-state index in [1.54, 1.807) is 19.2 Å². The molecule has 0 unspecified atom stereocenters. The zero-order chi connectivity index (χ0) is 21.8. The van der Waals surface area contributed by atoms with Gasteiger partial charge in [0.1, 0.15) is 0 Å². The van der Waals surface area contributed by atoms with Crippen molar-refractivity contribution in [3.8, 4) is 23.0 Å². The second kappa shape index (κ2) is 12.4. The number of benzene rings is 2. The summed E-state index contributed by atoms with van der Waals surface area (Å²) in [6, 6.07) is 10.8. The maximum atomic E-state index is 11.1. The molecule has 0 saturated heterocycles. The Morgan fingerprint density at radius 1 is 1.07 bits per heavy atom. The van der Waals surface area contributed by atoms with Gasteiger partial charge in [-0.3, -0.25) is 0 Å². The molecule has 0 spiro atoms. The summed E-state index contributed by atoms with van der Waals surface area (Å²) >= 11 is 6.36. The van der Waals surface area contributed by atoms with Crippen molar-refractivity contribution in [3.05, 3.63) is 47.0 Å². The van der Waals surface area contributed by atoms with E-state index in [2.05, 4.69) is 15.3 Å². The van der Waals surface area contributed by atoms with Gasteiger partial charge in [0.25, 0.3) is 0 Å². The second-order valence-corrected chi connectivity index (χ2v) is 6.23. The highest BCUT2D eigenvalue weighted by molar-refractivity contribution is 6.32. The highest BCUT2D eigenvalue weighted by Crippen LogP contribution is 2.36. The third-order valence-corrected chi connectivity index (χ3v) is 4.03. The fourth-order valence-electron chi connectivity index (χ4n) is 2.42. The molecule has 8 nitrogen and oxygen atoms in total. The normalized spacial score (nSPS) is 10.5. The summed E-state index contributed by atoms with van der Waals surface area (Å²) in [4.78, 5) is 11.1. The van der Waals surface area contributed by atoms with Crippen LogP contribution < -0.4 is 24.4 Å². The van der Waals surface area contributed by atoms with Crippen molar-refractivity contribution < 1.29 is 28.5 Å². The minimum absolute atomic E-state index is 0.367. The Labute approximate surface area is 180 Å². The van der Waals surface area contributed by atoms with Crippen LogP contribution in [0.1, 0.15) is 18.9 Å². The molecule has 1 N–H and O–H groups in total. The lowest BCUT2D eigenvalue weighted by molar-refractivity contribution is 0.171. The molecule has 2 rings (SSSR count).